The van der Waals surface area contributed by atoms with Gasteiger partial charge in [-0.2, -0.15) is 0 Å². The van der Waals surface area contributed by atoms with Crippen LogP contribution in [-0.2, 0) is 6.42 Å². The second-order valence-electron chi connectivity index (χ2n) is 9.75. The van der Waals surface area contributed by atoms with Crippen molar-refractivity contribution in [1.29, 1.82) is 0 Å². The van der Waals surface area contributed by atoms with Gasteiger partial charge in [0, 0.05) is 12.5 Å². The molecule has 2 aromatic heterocycles. The SMILES string of the molecule is Cc1ccccc1Cc1c(O)c2c(=O)n(-c3ccc(F)cc3)c(=O)n(-c3ccc(F)cc3)c2n(C2CC2)c1=O. The van der Waals surface area contributed by atoms with Gasteiger partial charge in [0.25, 0.3) is 11.1 Å². The molecule has 1 saturated carbocycles. The fourth-order valence-electron chi connectivity index (χ4n) is 5.00. The molecular weight excluding hydrogens is 504 g/mol. The molecule has 0 radical (unpaired) electrons. The van der Waals surface area contributed by atoms with Crippen LogP contribution in [0.5, 0.6) is 5.75 Å². The Kier molecular flexibility index (Phi) is 5.79. The molecule has 1 N–H and O–H groups in total. The number of aromatic hydroxyl groups is 1. The first kappa shape index (κ1) is 24.5. The highest BCUT2D eigenvalue weighted by Crippen LogP contribution is 2.38. The van der Waals surface area contributed by atoms with Crippen LogP contribution in [0.15, 0.2) is 87.2 Å². The van der Waals surface area contributed by atoms with E-state index in [1.807, 2.05) is 31.2 Å². The zero-order chi connectivity index (χ0) is 27.4. The van der Waals surface area contributed by atoms with Crippen molar-refractivity contribution < 1.29 is 13.9 Å². The fourth-order valence-corrected chi connectivity index (χ4v) is 5.00. The van der Waals surface area contributed by atoms with Crippen molar-refractivity contribution in [3.05, 3.63) is 132 Å². The van der Waals surface area contributed by atoms with Gasteiger partial charge >= 0.3 is 5.69 Å². The molecule has 0 spiro atoms. The quantitative estimate of drug-likeness (QED) is 0.364. The molecule has 0 unspecified atom stereocenters. The van der Waals surface area contributed by atoms with Crippen molar-refractivity contribution in [2.45, 2.75) is 32.2 Å². The lowest BCUT2D eigenvalue weighted by atomic mass is 10.00. The van der Waals surface area contributed by atoms with Gasteiger partial charge in [0.05, 0.1) is 16.9 Å². The minimum absolute atomic E-state index is 0.0377. The second kappa shape index (κ2) is 9.20. The molecule has 0 aliphatic heterocycles. The van der Waals surface area contributed by atoms with Crippen LogP contribution in [0.4, 0.5) is 8.78 Å². The number of hydrogen-bond donors (Lipinski definition) is 1. The second-order valence-corrected chi connectivity index (χ2v) is 9.75. The summed E-state index contributed by atoms with van der Waals surface area (Å²) in [5.74, 6) is -1.62. The van der Waals surface area contributed by atoms with Gasteiger partial charge in [0.2, 0.25) is 0 Å². The lowest BCUT2D eigenvalue weighted by Crippen LogP contribution is -2.41. The van der Waals surface area contributed by atoms with Gasteiger partial charge in [-0.15, -0.1) is 0 Å². The number of fused-ring (bicyclic) bond motifs is 1. The molecule has 1 aliphatic carbocycles. The van der Waals surface area contributed by atoms with Crippen LogP contribution in [0.25, 0.3) is 22.4 Å². The van der Waals surface area contributed by atoms with Crippen LogP contribution < -0.4 is 16.8 Å². The van der Waals surface area contributed by atoms with Crippen molar-refractivity contribution in [3.8, 4) is 17.1 Å². The Balaban J connectivity index is 1.79. The highest BCUT2D eigenvalue weighted by molar-refractivity contribution is 5.85. The smallest absolute Gasteiger partial charge is 0.341 e. The first-order chi connectivity index (χ1) is 18.8. The molecule has 6 rings (SSSR count). The van der Waals surface area contributed by atoms with E-state index in [0.29, 0.717) is 12.8 Å². The zero-order valence-electron chi connectivity index (χ0n) is 20.9. The molecule has 39 heavy (non-hydrogen) atoms. The molecule has 2 heterocycles. The van der Waals surface area contributed by atoms with E-state index in [-0.39, 0.29) is 40.4 Å². The van der Waals surface area contributed by atoms with Crippen LogP contribution in [0.3, 0.4) is 0 Å². The summed E-state index contributed by atoms with van der Waals surface area (Å²) in [5.41, 5.74) is -0.227. The molecular formula is C30H23F2N3O4. The summed E-state index contributed by atoms with van der Waals surface area (Å²) in [7, 11) is 0. The van der Waals surface area contributed by atoms with Gasteiger partial charge in [-0.3, -0.25) is 14.2 Å². The molecule has 196 valence electrons. The third kappa shape index (κ3) is 4.06. The normalized spacial score (nSPS) is 13.2. The molecule has 1 aliphatic rings. The van der Waals surface area contributed by atoms with Crippen molar-refractivity contribution in [3.63, 3.8) is 0 Å². The Bertz CT molecular complexity index is 1930. The van der Waals surface area contributed by atoms with Crippen molar-refractivity contribution >= 4 is 11.0 Å². The van der Waals surface area contributed by atoms with E-state index in [0.717, 1.165) is 44.5 Å². The minimum atomic E-state index is -0.849. The molecule has 9 heteroatoms. The van der Waals surface area contributed by atoms with E-state index in [4.69, 9.17) is 0 Å². The highest BCUT2D eigenvalue weighted by atomic mass is 19.1. The molecule has 0 amide bonds. The van der Waals surface area contributed by atoms with Gasteiger partial charge < -0.3 is 5.11 Å². The van der Waals surface area contributed by atoms with Gasteiger partial charge in [0.1, 0.15) is 28.4 Å². The topological polar surface area (TPSA) is 86.2 Å². The summed E-state index contributed by atoms with van der Waals surface area (Å²) in [4.78, 5) is 41.9. The Labute approximate surface area is 220 Å². The molecule has 5 aromatic rings. The van der Waals surface area contributed by atoms with E-state index in [1.54, 1.807) is 0 Å². The van der Waals surface area contributed by atoms with Gasteiger partial charge in [-0.25, -0.2) is 22.7 Å². The number of pyridine rings is 1. The van der Waals surface area contributed by atoms with Gasteiger partial charge in [-0.1, -0.05) is 24.3 Å². The number of rotatable bonds is 5. The third-order valence-corrected chi connectivity index (χ3v) is 7.17. The van der Waals surface area contributed by atoms with E-state index < -0.39 is 34.2 Å². The number of aryl methyl sites for hydroxylation is 1. The molecule has 0 atom stereocenters. The van der Waals surface area contributed by atoms with Crippen LogP contribution >= 0.6 is 0 Å². The van der Waals surface area contributed by atoms with E-state index in [1.165, 1.54) is 28.8 Å². The van der Waals surface area contributed by atoms with E-state index in [9.17, 15) is 28.3 Å². The minimum Gasteiger partial charge on any atom is -0.506 e. The molecule has 7 nitrogen and oxygen atoms in total. The van der Waals surface area contributed by atoms with Crippen LogP contribution in [0, 0.1) is 18.6 Å². The van der Waals surface area contributed by atoms with Crippen LogP contribution in [0.1, 0.15) is 35.6 Å². The monoisotopic (exact) mass is 527 g/mol. The summed E-state index contributed by atoms with van der Waals surface area (Å²) in [6.45, 7) is 1.89. The number of nitrogens with zero attached hydrogens (tertiary/aromatic N) is 3. The van der Waals surface area contributed by atoms with Crippen LogP contribution in [0.2, 0.25) is 0 Å². The summed E-state index contributed by atoms with van der Waals surface area (Å²) in [5, 5.41) is 11.3. The summed E-state index contributed by atoms with van der Waals surface area (Å²) < 4.78 is 30.9. The van der Waals surface area contributed by atoms with Gasteiger partial charge in [0.15, 0.2) is 0 Å². The Morgan fingerprint density at radius 2 is 1.36 bits per heavy atom. The van der Waals surface area contributed by atoms with Gasteiger partial charge in [-0.05, 0) is 79.4 Å². The zero-order valence-corrected chi connectivity index (χ0v) is 20.9. The largest absolute Gasteiger partial charge is 0.506 e. The highest BCUT2D eigenvalue weighted by Gasteiger charge is 2.33. The standard InChI is InChI=1S/C30H23F2N3O4/c1-17-4-2-3-5-18(17)16-24-26(36)25-27(33(28(24)37)21-14-15-21)34(22-10-6-19(31)7-11-22)30(39)35(29(25)38)23-12-8-20(32)9-13-23/h2-13,21,36H,14-16H2,1H3. The number of aromatic nitrogens is 3. The number of hydrogen-bond acceptors (Lipinski definition) is 4. The van der Waals surface area contributed by atoms with Crippen molar-refractivity contribution in [2.75, 3.05) is 0 Å². The molecule has 1 fully saturated rings. The third-order valence-electron chi connectivity index (χ3n) is 7.17. The molecule has 3 aromatic carbocycles. The Morgan fingerprint density at radius 1 is 0.795 bits per heavy atom. The van der Waals surface area contributed by atoms with E-state index in [2.05, 4.69) is 0 Å². The summed E-state index contributed by atoms with van der Waals surface area (Å²) >= 11 is 0. The summed E-state index contributed by atoms with van der Waals surface area (Å²) in [6.07, 6.45) is 1.39. The molecule has 0 bridgehead atoms. The lowest BCUT2D eigenvalue weighted by molar-refractivity contribution is 0.470. The fraction of sp³-hybridized carbons (Fsp3) is 0.167. The summed E-state index contributed by atoms with van der Waals surface area (Å²) in [6, 6.07) is 17.0. The van der Waals surface area contributed by atoms with E-state index >= 15 is 0 Å². The maximum Gasteiger partial charge on any atom is 0.341 e. The maximum atomic E-state index is 14.0. The average molecular weight is 528 g/mol. The maximum absolute atomic E-state index is 14.0. The Hall–Kier alpha value is -4.79. The predicted octanol–water partition coefficient (Wildman–Crippen LogP) is 4.52. The number of benzene rings is 3. The van der Waals surface area contributed by atoms with Crippen LogP contribution in [-0.4, -0.2) is 18.8 Å². The average Bonchev–Trinajstić information content (AvgIpc) is 3.75. The number of halogens is 2. The van der Waals surface area contributed by atoms with Crippen molar-refractivity contribution in [1.82, 2.24) is 13.7 Å². The van der Waals surface area contributed by atoms with Crippen molar-refractivity contribution in [2.24, 2.45) is 0 Å². The first-order valence-corrected chi connectivity index (χ1v) is 12.5. The Morgan fingerprint density at radius 3 is 1.92 bits per heavy atom. The predicted molar refractivity (Wildman–Crippen MR) is 143 cm³/mol. The lowest BCUT2D eigenvalue weighted by Gasteiger charge is -2.20. The molecule has 0 saturated heterocycles. The first-order valence-electron chi connectivity index (χ1n) is 12.5.